The largest absolute Gasteiger partial charge is 0.369 e. The highest BCUT2D eigenvalue weighted by atomic mass is 35.5. The van der Waals surface area contributed by atoms with Crippen LogP contribution in [0.15, 0.2) is 42.5 Å². The van der Waals surface area contributed by atoms with Gasteiger partial charge in [-0.1, -0.05) is 23.7 Å². The summed E-state index contributed by atoms with van der Waals surface area (Å²) in [6.07, 6.45) is 1.68. The maximum Gasteiger partial charge on any atom is 0.262 e. The maximum atomic E-state index is 14.7. The molecule has 2 heterocycles. The number of benzene rings is 2. The summed E-state index contributed by atoms with van der Waals surface area (Å²) >= 11 is 6.16. The van der Waals surface area contributed by atoms with Gasteiger partial charge in [-0.25, -0.2) is 4.39 Å². The topological polar surface area (TPSA) is 70.5 Å². The van der Waals surface area contributed by atoms with Crippen molar-refractivity contribution in [2.24, 2.45) is 11.8 Å². The van der Waals surface area contributed by atoms with E-state index in [-0.39, 0.29) is 16.8 Å². The van der Waals surface area contributed by atoms with E-state index in [0.29, 0.717) is 40.3 Å². The molecule has 2 atom stereocenters. The van der Waals surface area contributed by atoms with E-state index in [1.54, 1.807) is 22.9 Å². The van der Waals surface area contributed by atoms with Gasteiger partial charge >= 0.3 is 0 Å². The number of hydrogen-bond acceptors (Lipinski definition) is 4. The van der Waals surface area contributed by atoms with Crippen LogP contribution in [0, 0.1) is 17.7 Å². The van der Waals surface area contributed by atoms with Gasteiger partial charge in [-0.3, -0.25) is 14.3 Å². The van der Waals surface area contributed by atoms with Crippen LogP contribution in [0.25, 0.3) is 11.3 Å². The minimum atomic E-state index is -2.91. The SMILES string of the molecule is [2H]C([2H])([2H])N(C(=O)c1c(F)cccc1Cl)c1ccc(-c2cc(NC=O)nn2C(C)C)cc1N1CC2CC2C1. The molecular weight excluding hydrogens is 469 g/mol. The van der Waals surface area contributed by atoms with Gasteiger partial charge < -0.3 is 15.1 Å². The van der Waals surface area contributed by atoms with Crippen LogP contribution in [-0.4, -0.2) is 42.2 Å². The first kappa shape index (κ1) is 19.9. The van der Waals surface area contributed by atoms with Crippen molar-refractivity contribution in [3.05, 3.63) is 58.9 Å². The van der Waals surface area contributed by atoms with E-state index in [1.165, 1.54) is 12.1 Å². The highest BCUT2D eigenvalue weighted by Crippen LogP contribution is 2.48. The second-order valence-electron chi connectivity index (χ2n) is 9.32. The number of piperidine rings is 1. The fourth-order valence-electron chi connectivity index (χ4n) is 4.78. The van der Waals surface area contributed by atoms with Crippen molar-refractivity contribution in [1.82, 2.24) is 9.78 Å². The third-order valence-corrected chi connectivity index (χ3v) is 6.96. The molecule has 1 N–H and O–H groups in total. The van der Waals surface area contributed by atoms with E-state index in [9.17, 15) is 14.0 Å². The first-order valence-corrected chi connectivity index (χ1v) is 11.8. The number of nitrogens with zero attached hydrogens (tertiary/aromatic N) is 4. The summed E-state index contributed by atoms with van der Waals surface area (Å²) < 4.78 is 41.1. The molecule has 1 saturated carbocycles. The van der Waals surface area contributed by atoms with Crippen molar-refractivity contribution in [3.8, 4) is 11.3 Å². The fraction of sp³-hybridized carbons (Fsp3) is 0.346. The molecule has 35 heavy (non-hydrogen) atoms. The van der Waals surface area contributed by atoms with E-state index in [4.69, 9.17) is 15.7 Å². The Hall–Kier alpha value is -3.39. The van der Waals surface area contributed by atoms with Crippen molar-refractivity contribution < 1.29 is 18.1 Å². The highest BCUT2D eigenvalue weighted by molar-refractivity contribution is 6.34. The summed E-state index contributed by atoms with van der Waals surface area (Å²) in [6.45, 7) is 2.45. The van der Waals surface area contributed by atoms with Crippen molar-refractivity contribution >= 4 is 41.1 Å². The molecule has 0 radical (unpaired) electrons. The number of fused-ring (bicyclic) bond motifs is 1. The Morgan fingerprint density at radius 1 is 1.29 bits per heavy atom. The first-order valence-electron chi connectivity index (χ1n) is 13.0. The zero-order chi connectivity index (χ0) is 27.4. The molecule has 7 nitrogen and oxygen atoms in total. The molecule has 1 aromatic heterocycles. The minimum Gasteiger partial charge on any atom is -0.369 e. The molecule has 0 spiro atoms. The number of amides is 2. The van der Waals surface area contributed by atoms with Gasteiger partial charge in [-0.05, 0) is 56.4 Å². The number of aromatic nitrogens is 2. The molecule has 1 saturated heterocycles. The van der Waals surface area contributed by atoms with Crippen LogP contribution in [0.5, 0.6) is 0 Å². The molecule has 5 rings (SSSR count). The zero-order valence-electron chi connectivity index (χ0n) is 22.3. The van der Waals surface area contributed by atoms with Gasteiger partial charge in [-0.2, -0.15) is 5.10 Å². The third kappa shape index (κ3) is 4.27. The lowest BCUT2D eigenvalue weighted by molar-refractivity contribution is -0.105. The van der Waals surface area contributed by atoms with E-state index >= 15 is 0 Å². The predicted octanol–water partition coefficient (Wildman–Crippen LogP) is 5.22. The lowest BCUT2D eigenvalue weighted by atomic mass is 10.1. The summed E-state index contributed by atoms with van der Waals surface area (Å²) in [4.78, 5) is 27.4. The number of carbonyl (C=O) groups is 2. The second-order valence-corrected chi connectivity index (χ2v) is 9.72. The average Bonchev–Trinajstić information content (AvgIpc) is 3.22. The van der Waals surface area contributed by atoms with E-state index < -0.39 is 24.3 Å². The molecular formula is C26H27ClFN5O2. The second kappa shape index (κ2) is 9.00. The highest BCUT2D eigenvalue weighted by Gasteiger charge is 2.45. The molecule has 182 valence electrons. The fourth-order valence-corrected chi connectivity index (χ4v) is 5.02. The quantitative estimate of drug-likeness (QED) is 0.453. The van der Waals surface area contributed by atoms with Gasteiger partial charge in [-0.15, -0.1) is 0 Å². The molecule has 2 fully saturated rings. The summed E-state index contributed by atoms with van der Waals surface area (Å²) in [7, 11) is 0. The lowest BCUT2D eigenvalue weighted by Gasteiger charge is -2.29. The lowest BCUT2D eigenvalue weighted by Crippen LogP contribution is -2.31. The smallest absolute Gasteiger partial charge is 0.262 e. The van der Waals surface area contributed by atoms with E-state index in [0.717, 1.165) is 31.1 Å². The number of carbonyl (C=O) groups excluding carboxylic acids is 2. The number of halogens is 2. The zero-order valence-corrected chi connectivity index (χ0v) is 20.1. The minimum absolute atomic E-state index is 0.0293. The molecule has 9 heteroatoms. The van der Waals surface area contributed by atoms with Crippen LogP contribution in [-0.2, 0) is 4.79 Å². The molecule has 1 aliphatic carbocycles. The molecule has 2 unspecified atom stereocenters. The summed E-state index contributed by atoms with van der Waals surface area (Å²) in [5, 5.41) is 6.86. The van der Waals surface area contributed by atoms with Crippen LogP contribution in [0.4, 0.5) is 21.6 Å². The molecule has 0 bridgehead atoms. The Labute approximate surface area is 212 Å². The van der Waals surface area contributed by atoms with Gasteiger partial charge in [0.2, 0.25) is 6.41 Å². The first-order chi connectivity index (χ1) is 18.0. The monoisotopic (exact) mass is 498 g/mol. The van der Waals surface area contributed by atoms with Crippen LogP contribution in [0.2, 0.25) is 5.02 Å². The van der Waals surface area contributed by atoms with Crippen LogP contribution < -0.4 is 15.1 Å². The van der Waals surface area contributed by atoms with Crippen LogP contribution in [0.3, 0.4) is 0 Å². The van der Waals surface area contributed by atoms with Crippen molar-refractivity contribution in [2.75, 3.05) is 35.2 Å². The van der Waals surface area contributed by atoms with Crippen molar-refractivity contribution in [2.45, 2.75) is 26.3 Å². The molecule has 3 aromatic rings. The number of rotatable bonds is 7. The summed E-state index contributed by atoms with van der Waals surface area (Å²) in [6, 6.07) is 10.6. The van der Waals surface area contributed by atoms with Crippen LogP contribution >= 0.6 is 11.6 Å². The maximum absolute atomic E-state index is 14.7. The molecule has 1 aliphatic heterocycles. The van der Waals surface area contributed by atoms with Gasteiger partial charge in [0.1, 0.15) is 5.82 Å². The molecule has 2 amide bonds. The standard InChI is InChI=1S/C26H27ClFN5O2/c1-15(2)33-22(11-24(30-33)29-14-34)16-7-8-21(23(10-16)32-12-17-9-18(17)13-32)31(3)26(35)25-19(27)5-4-6-20(25)28/h4-8,10-11,14-15,17-18H,9,12-13H2,1-3H3,(H,29,30,34)/i3D3. The Morgan fingerprint density at radius 2 is 2.06 bits per heavy atom. The number of hydrogen-bond donors (Lipinski definition) is 1. The number of anilines is 3. The van der Waals surface area contributed by atoms with Gasteiger partial charge in [0.15, 0.2) is 5.82 Å². The Bertz CT molecular complexity index is 1380. The van der Waals surface area contributed by atoms with E-state index in [2.05, 4.69) is 15.3 Å². The van der Waals surface area contributed by atoms with Crippen LogP contribution in [0.1, 0.15) is 40.8 Å². The number of nitrogens with one attached hydrogen (secondary N) is 1. The Kier molecular flexibility index (Phi) is 5.11. The van der Waals surface area contributed by atoms with E-state index in [1.807, 2.05) is 19.9 Å². The molecule has 2 aromatic carbocycles. The Balaban J connectivity index is 1.66. The van der Waals surface area contributed by atoms with Crippen molar-refractivity contribution in [1.29, 1.82) is 0 Å². The van der Waals surface area contributed by atoms with Gasteiger partial charge in [0.05, 0.1) is 27.7 Å². The van der Waals surface area contributed by atoms with Gasteiger partial charge in [0, 0.05) is 41.8 Å². The van der Waals surface area contributed by atoms with Crippen molar-refractivity contribution in [3.63, 3.8) is 0 Å². The molecule has 2 aliphatic rings. The Morgan fingerprint density at radius 3 is 2.71 bits per heavy atom. The summed E-state index contributed by atoms with van der Waals surface area (Å²) in [5.41, 5.74) is 1.64. The normalized spacial score (nSPS) is 20.1. The third-order valence-electron chi connectivity index (χ3n) is 6.64. The van der Waals surface area contributed by atoms with Gasteiger partial charge in [0.25, 0.3) is 5.91 Å². The summed E-state index contributed by atoms with van der Waals surface area (Å²) in [5.74, 6) is -0.516. The average molecular weight is 499 g/mol. The predicted molar refractivity (Wildman–Crippen MR) is 136 cm³/mol.